The summed E-state index contributed by atoms with van der Waals surface area (Å²) in [6.07, 6.45) is 6.80. The molecule has 5 heteroatoms. The van der Waals surface area contributed by atoms with Crippen LogP contribution in [0.15, 0.2) is 0 Å². The molecule has 0 aliphatic carbocycles. The zero-order valence-electron chi connectivity index (χ0n) is 9.24. The van der Waals surface area contributed by atoms with E-state index in [1.807, 2.05) is 0 Å². The SMILES string of the molecule is NC(N)(N)CCCCCCCCC(=O)O. The van der Waals surface area contributed by atoms with Crippen LogP contribution in [0.4, 0.5) is 0 Å². The lowest BCUT2D eigenvalue weighted by Gasteiger charge is -2.17. The highest BCUT2D eigenvalue weighted by Crippen LogP contribution is 2.09. The molecule has 0 amide bonds. The Labute approximate surface area is 91.0 Å². The molecule has 0 saturated heterocycles. The Morgan fingerprint density at radius 1 is 0.933 bits per heavy atom. The number of hydrogen-bond donors (Lipinski definition) is 4. The highest BCUT2D eigenvalue weighted by molar-refractivity contribution is 5.66. The number of aliphatic carboxylic acids is 1. The predicted octanol–water partition coefficient (Wildman–Crippen LogP) is 0.722. The molecule has 0 unspecified atom stereocenters. The minimum atomic E-state index is -1.04. The predicted molar refractivity (Wildman–Crippen MR) is 59.9 cm³/mol. The third-order valence-electron chi connectivity index (χ3n) is 2.25. The van der Waals surface area contributed by atoms with Crippen LogP contribution in [-0.2, 0) is 4.79 Å². The smallest absolute Gasteiger partial charge is 0.303 e. The quantitative estimate of drug-likeness (QED) is 0.335. The van der Waals surface area contributed by atoms with Crippen molar-refractivity contribution in [3.05, 3.63) is 0 Å². The van der Waals surface area contributed by atoms with Gasteiger partial charge in [0, 0.05) is 6.42 Å². The van der Waals surface area contributed by atoms with Gasteiger partial charge in [-0.3, -0.25) is 4.79 Å². The average molecular weight is 217 g/mol. The summed E-state index contributed by atoms with van der Waals surface area (Å²) < 4.78 is 0. The van der Waals surface area contributed by atoms with E-state index in [2.05, 4.69) is 0 Å². The highest BCUT2D eigenvalue weighted by atomic mass is 16.4. The van der Waals surface area contributed by atoms with Crippen LogP contribution in [0.3, 0.4) is 0 Å². The molecule has 0 bridgehead atoms. The van der Waals surface area contributed by atoms with Gasteiger partial charge in [0.15, 0.2) is 0 Å². The van der Waals surface area contributed by atoms with Crippen molar-refractivity contribution in [3.63, 3.8) is 0 Å². The van der Waals surface area contributed by atoms with Crippen molar-refractivity contribution in [2.75, 3.05) is 0 Å². The molecule has 0 heterocycles. The van der Waals surface area contributed by atoms with Crippen LogP contribution in [0.25, 0.3) is 0 Å². The summed E-state index contributed by atoms with van der Waals surface area (Å²) in [4.78, 5) is 10.2. The van der Waals surface area contributed by atoms with Crippen molar-refractivity contribution in [3.8, 4) is 0 Å². The van der Waals surface area contributed by atoms with E-state index in [-0.39, 0.29) is 6.42 Å². The van der Waals surface area contributed by atoms with Gasteiger partial charge in [-0.25, -0.2) is 0 Å². The molecule has 0 aliphatic rings. The Hall–Kier alpha value is -0.650. The van der Waals surface area contributed by atoms with Gasteiger partial charge in [0.05, 0.1) is 0 Å². The fraction of sp³-hybridized carbons (Fsp3) is 0.900. The molecule has 0 aliphatic heterocycles. The zero-order chi connectivity index (χ0) is 11.7. The van der Waals surface area contributed by atoms with Gasteiger partial charge < -0.3 is 22.3 Å². The molecule has 0 saturated carbocycles. The third-order valence-corrected chi connectivity index (χ3v) is 2.25. The van der Waals surface area contributed by atoms with Crippen LogP contribution >= 0.6 is 0 Å². The molecule has 0 radical (unpaired) electrons. The Balaban J connectivity index is 3.09. The standard InChI is InChI=1S/C10H23N3O2/c11-10(12,13)8-6-4-2-1-3-5-7-9(14)15/h1-8,11-13H2,(H,14,15). The Kier molecular flexibility index (Phi) is 7.29. The second kappa shape index (κ2) is 7.62. The zero-order valence-corrected chi connectivity index (χ0v) is 9.24. The monoisotopic (exact) mass is 217 g/mol. The summed E-state index contributed by atoms with van der Waals surface area (Å²) in [5, 5.41) is 8.40. The molecule has 0 aromatic rings. The minimum absolute atomic E-state index is 0.275. The largest absolute Gasteiger partial charge is 0.481 e. The molecular formula is C10H23N3O2. The maximum atomic E-state index is 10.2. The number of carboxylic acid groups (broad SMARTS) is 1. The number of nitrogens with two attached hydrogens (primary N) is 3. The first-order valence-corrected chi connectivity index (χ1v) is 5.50. The van der Waals surface area contributed by atoms with Gasteiger partial charge in [0.2, 0.25) is 0 Å². The van der Waals surface area contributed by atoms with E-state index in [0.717, 1.165) is 38.5 Å². The molecule has 0 spiro atoms. The first kappa shape index (κ1) is 14.3. The maximum absolute atomic E-state index is 10.2. The Morgan fingerprint density at radius 2 is 1.40 bits per heavy atom. The van der Waals surface area contributed by atoms with Gasteiger partial charge in [0.25, 0.3) is 0 Å². The first-order chi connectivity index (χ1) is 6.92. The van der Waals surface area contributed by atoms with E-state index in [0.29, 0.717) is 6.42 Å². The Bertz CT molecular complexity index is 178. The average Bonchev–Trinajstić information content (AvgIpc) is 2.07. The van der Waals surface area contributed by atoms with Crippen LogP contribution in [0, 0.1) is 0 Å². The Morgan fingerprint density at radius 3 is 1.87 bits per heavy atom. The van der Waals surface area contributed by atoms with Crippen molar-refractivity contribution in [2.45, 2.75) is 57.2 Å². The fourth-order valence-corrected chi connectivity index (χ4v) is 1.41. The van der Waals surface area contributed by atoms with Crippen LogP contribution in [0.1, 0.15) is 51.4 Å². The summed E-state index contributed by atoms with van der Waals surface area (Å²) in [6, 6.07) is 0. The molecular weight excluding hydrogens is 194 g/mol. The maximum Gasteiger partial charge on any atom is 0.303 e. The second-order valence-electron chi connectivity index (χ2n) is 4.13. The lowest BCUT2D eigenvalue weighted by atomic mass is 10.1. The third kappa shape index (κ3) is 13.3. The summed E-state index contributed by atoms with van der Waals surface area (Å²) in [7, 11) is 0. The van der Waals surface area contributed by atoms with E-state index in [1.54, 1.807) is 0 Å². The molecule has 7 N–H and O–H groups in total. The molecule has 0 rings (SSSR count). The van der Waals surface area contributed by atoms with Crippen molar-refractivity contribution < 1.29 is 9.90 Å². The topological polar surface area (TPSA) is 115 Å². The second-order valence-corrected chi connectivity index (χ2v) is 4.13. The van der Waals surface area contributed by atoms with E-state index in [4.69, 9.17) is 22.3 Å². The molecule has 0 atom stereocenters. The van der Waals surface area contributed by atoms with E-state index < -0.39 is 11.8 Å². The van der Waals surface area contributed by atoms with Crippen LogP contribution in [-0.4, -0.2) is 16.9 Å². The van der Waals surface area contributed by atoms with Crippen LogP contribution < -0.4 is 17.2 Å². The number of unbranched alkanes of at least 4 members (excludes halogenated alkanes) is 5. The summed E-state index contributed by atoms with van der Waals surface area (Å²) in [5.41, 5.74) is 16.3. The van der Waals surface area contributed by atoms with Gasteiger partial charge in [0.1, 0.15) is 5.79 Å². The summed E-state index contributed by atoms with van der Waals surface area (Å²) in [6.45, 7) is 0. The van der Waals surface area contributed by atoms with Gasteiger partial charge in [-0.1, -0.05) is 25.7 Å². The molecule has 5 nitrogen and oxygen atoms in total. The van der Waals surface area contributed by atoms with E-state index in [1.165, 1.54) is 0 Å². The van der Waals surface area contributed by atoms with Crippen molar-refractivity contribution in [2.24, 2.45) is 17.2 Å². The number of carboxylic acids is 1. The van der Waals surface area contributed by atoms with Gasteiger partial charge in [-0.15, -0.1) is 0 Å². The molecule has 90 valence electrons. The first-order valence-electron chi connectivity index (χ1n) is 5.50. The van der Waals surface area contributed by atoms with Crippen molar-refractivity contribution in [1.82, 2.24) is 0 Å². The van der Waals surface area contributed by atoms with Crippen molar-refractivity contribution >= 4 is 5.97 Å². The minimum Gasteiger partial charge on any atom is -0.481 e. The summed E-state index contributed by atoms with van der Waals surface area (Å²) >= 11 is 0. The van der Waals surface area contributed by atoms with E-state index in [9.17, 15) is 4.79 Å². The van der Waals surface area contributed by atoms with Gasteiger partial charge in [-0.05, 0) is 19.3 Å². The van der Waals surface area contributed by atoms with Gasteiger partial charge in [-0.2, -0.15) is 0 Å². The normalized spacial score (nSPS) is 11.7. The lowest BCUT2D eigenvalue weighted by molar-refractivity contribution is -0.137. The number of carbonyl (C=O) groups is 1. The number of rotatable bonds is 9. The fourth-order valence-electron chi connectivity index (χ4n) is 1.41. The van der Waals surface area contributed by atoms with Crippen molar-refractivity contribution in [1.29, 1.82) is 0 Å². The number of hydrogen-bond acceptors (Lipinski definition) is 4. The van der Waals surface area contributed by atoms with E-state index >= 15 is 0 Å². The van der Waals surface area contributed by atoms with Crippen LogP contribution in [0.5, 0.6) is 0 Å². The molecule has 0 fully saturated rings. The molecule has 0 aromatic carbocycles. The summed E-state index contributed by atoms with van der Waals surface area (Å²) in [5.74, 6) is -1.75. The lowest BCUT2D eigenvalue weighted by Crippen LogP contribution is -2.57. The molecule has 15 heavy (non-hydrogen) atoms. The highest BCUT2D eigenvalue weighted by Gasteiger charge is 2.09. The van der Waals surface area contributed by atoms with Crippen LogP contribution in [0.2, 0.25) is 0 Å². The molecule has 0 aromatic heterocycles. The van der Waals surface area contributed by atoms with Gasteiger partial charge >= 0.3 is 5.97 Å².